The Morgan fingerprint density at radius 2 is 1.87 bits per heavy atom. The van der Waals surface area contributed by atoms with Crippen LogP contribution in [0.25, 0.3) is 10.9 Å². The molecule has 82 valence electrons. The summed E-state index contributed by atoms with van der Waals surface area (Å²) in [6.45, 7) is 0.990. The number of hydrogen-bond donors (Lipinski definition) is 1. The summed E-state index contributed by atoms with van der Waals surface area (Å²) in [4.78, 5) is 7.41. The smallest absolute Gasteiger partial charge is 0.0457 e. The zero-order chi connectivity index (χ0) is 11.3. The lowest BCUT2D eigenvalue weighted by molar-refractivity contribution is 0.404. The fourth-order valence-electron chi connectivity index (χ4n) is 1.60. The van der Waals surface area contributed by atoms with E-state index in [0.717, 1.165) is 6.54 Å². The molecule has 2 rings (SSSR count). The summed E-state index contributed by atoms with van der Waals surface area (Å²) in [5.41, 5.74) is 2.58. The maximum Gasteiger partial charge on any atom is 0.0457 e. The molecule has 3 heteroatoms. The van der Waals surface area contributed by atoms with E-state index in [-0.39, 0.29) is 0 Å². The van der Waals surface area contributed by atoms with Gasteiger partial charge in [0.1, 0.15) is 0 Å². The number of nitrogens with zero attached hydrogens (tertiary/aromatic N) is 1. The molecule has 0 saturated carbocycles. The van der Waals surface area contributed by atoms with E-state index in [1.54, 1.807) is 0 Å². The van der Waals surface area contributed by atoms with E-state index in [1.807, 2.05) is 4.93 Å². The van der Waals surface area contributed by atoms with Gasteiger partial charge in [0.05, 0.1) is 0 Å². The minimum absolute atomic E-state index is 0.990. The highest BCUT2D eigenvalue weighted by Crippen LogP contribution is 2.18. The van der Waals surface area contributed by atoms with E-state index >= 15 is 0 Å². The average Bonchev–Trinajstić information content (AvgIpc) is 2.64. The topological polar surface area (TPSA) is 19.0 Å². The number of hydrogen-bond acceptors (Lipinski definition) is 1. The molecule has 0 saturated heterocycles. The molecule has 1 aromatic carbocycles. The van der Waals surface area contributed by atoms with Crippen molar-refractivity contribution in [1.29, 1.82) is 0 Å². The van der Waals surface area contributed by atoms with E-state index in [1.165, 1.54) is 16.5 Å². The standard InChI is InChI=1S/C11H14N2.CH3I/c1-13(2)8-9-7-12-11-6-4-3-5-10(9)11;1-2/h3-7,12H,8H2,1-2H3;1H3. The van der Waals surface area contributed by atoms with Crippen LogP contribution in [0, 0.1) is 0 Å². The number of fused-ring (bicyclic) bond motifs is 1. The summed E-state index contributed by atoms with van der Waals surface area (Å²) in [5, 5.41) is 1.33. The first-order chi connectivity index (χ1) is 7.27. The van der Waals surface area contributed by atoms with Gasteiger partial charge in [-0.25, -0.2) is 0 Å². The third kappa shape index (κ3) is 3.21. The third-order valence-electron chi connectivity index (χ3n) is 2.16. The number of para-hydroxylation sites is 1. The van der Waals surface area contributed by atoms with Crippen LogP contribution >= 0.6 is 22.6 Å². The Morgan fingerprint density at radius 1 is 1.20 bits per heavy atom. The van der Waals surface area contributed by atoms with Crippen molar-refractivity contribution >= 4 is 33.5 Å². The predicted molar refractivity (Wildman–Crippen MR) is 75.6 cm³/mol. The van der Waals surface area contributed by atoms with E-state index in [4.69, 9.17) is 0 Å². The number of nitrogens with one attached hydrogen (secondary N) is 1. The van der Waals surface area contributed by atoms with Crippen LogP contribution in [0.4, 0.5) is 0 Å². The van der Waals surface area contributed by atoms with Gasteiger partial charge in [-0.3, -0.25) is 0 Å². The Labute approximate surface area is 105 Å². The second-order valence-electron chi connectivity index (χ2n) is 3.60. The minimum atomic E-state index is 0.990. The molecular formula is C12H17IN2. The summed E-state index contributed by atoms with van der Waals surface area (Å²) >= 11 is 2.15. The maximum absolute atomic E-state index is 3.27. The summed E-state index contributed by atoms with van der Waals surface area (Å²) in [6, 6.07) is 8.40. The van der Waals surface area contributed by atoms with Crippen molar-refractivity contribution in [1.82, 2.24) is 9.88 Å². The van der Waals surface area contributed by atoms with E-state index in [2.05, 4.69) is 77.0 Å². The predicted octanol–water partition coefficient (Wildman–Crippen LogP) is 3.28. The van der Waals surface area contributed by atoms with Crippen LogP contribution in [0.5, 0.6) is 0 Å². The van der Waals surface area contributed by atoms with Gasteiger partial charge >= 0.3 is 0 Å². The summed E-state index contributed by atoms with van der Waals surface area (Å²) < 4.78 is 0. The summed E-state index contributed by atoms with van der Waals surface area (Å²) in [5.74, 6) is 0. The van der Waals surface area contributed by atoms with Crippen LogP contribution in [0.15, 0.2) is 30.5 Å². The van der Waals surface area contributed by atoms with E-state index in [0.29, 0.717) is 0 Å². The van der Waals surface area contributed by atoms with Crippen LogP contribution in [0.1, 0.15) is 5.56 Å². The van der Waals surface area contributed by atoms with Crippen LogP contribution in [0.2, 0.25) is 0 Å². The highest BCUT2D eigenvalue weighted by Gasteiger charge is 2.02. The number of aromatic nitrogens is 1. The molecule has 0 aliphatic rings. The van der Waals surface area contributed by atoms with Crippen molar-refractivity contribution in [2.75, 3.05) is 19.0 Å². The molecule has 0 aliphatic carbocycles. The Kier molecular flexibility index (Phi) is 5.11. The zero-order valence-corrected chi connectivity index (χ0v) is 11.6. The van der Waals surface area contributed by atoms with Gasteiger partial charge in [0.15, 0.2) is 0 Å². The molecule has 0 aliphatic heterocycles. The van der Waals surface area contributed by atoms with Crippen molar-refractivity contribution in [2.45, 2.75) is 6.54 Å². The molecule has 0 unspecified atom stereocenters. The third-order valence-corrected chi connectivity index (χ3v) is 2.16. The van der Waals surface area contributed by atoms with Crippen LogP contribution in [-0.2, 0) is 6.54 Å². The Bertz CT molecular complexity index is 407. The zero-order valence-electron chi connectivity index (χ0n) is 9.42. The lowest BCUT2D eigenvalue weighted by atomic mass is 10.2. The van der Waals surface area contributed by atoms with E-state index in [9.17, 15) is 0 Å². The molecule has 0 spiro atoms. The summed E-state index contributed by atoms with van der Waals surface area (Å²) in [7, 11) is 4.17. The molecule has 0 amide bonds. The minimum Gasteiger partial charge on any atom is -0.361 e. The molecule has 2 aromatic rings. The van der Waals surface area contributed by atoms with E-state index < -0.39 is 0 Å². The van der Waals surface area contributed by atoms with Crippen molar-refractivity contribution < 1.29 is 0 Å². The van der Waals surface area contributed by atoms with Gasteiger partial charge in [0, 0.05) is 23.6 Å². The Balaban J connectivity index is 0.000000531. The largest absolute Gasteiger partial charge is 0.361 e. The van der Waals surface area contributed by atoms with Gasteiger partial charge < -0.3 is 9.88 Å². The van der Waals surface area contributed by atoms with Crippen LogP contribution in [-0.4, -0.2) is 28.9 Å². The highest BCUT2D eigenvalue weighted by molar-refractivity contribution is 14.1. The highest BCUT2D eigenvalue weighted by atomic mass is 127. The number of halogens is 1. The van der Waals surface area contributed by atoms with Crippen LogP contribution in [0.3, 0.4) is 0 Å². The maximum atomic E-state index is 3.27. The van der Waals surface area contributed by atoms with Crippen molar-refractivity contribution in [2.24, 2.45) is 0 Å². The first-order valence-electron chi connectivity index (χ1n) is 4.85. The molecule has 1 heterocycles. The number of H-pyrrole nitrogens is 1. The molecule has 0 atom stereocenters. The average molecular weight is 316 g/mol. The van der Waals surface area contributed by atoms with Gasteiger partial charge in [-0.15, -0.1) is 0 Å². The number of aromatic amines is 1. The Hall–Kier alpha value is -0.550. The molecule has 2 nitrogen and oxygen atoms in total. The Morgan fingerprint density at radius 3 is 2.53 bits per heavy atom. The fourth-order valence-corrected chi connectivity index (χ4v) is 1.60. The molecule has 1 N–H and O–H groups in total. The molecule has 0 fully saturated rings. The normalized spacial score (nSPS) is 10.2. The first-order valence-corrected chi connectivity index (χ1v) is 7.00. The SMILES string of the molecule is CI.CN(C)Cc1c[nH]c2ccccc12. The van der Waals surface area contributed by atoms with Crippen molar-refractivity contribution in [3.63, 3.8) is 0 Å². The molecule has 1 aromatic heterocycles. The number of rotatable bonds is 2. The lowest BCUT2D eigenvalue weighted by Gasteiger charge is -2.07. The van der Waals surface area contributed by atoms with Gasteiger partial charge in [0.25, 0.3) is 0 Å². The first kappa shape index (κ1) is 12.5. The second kappa shape index (κ2) is 6.12. The second-order valence-corrected chi connectivity index (χ2v) is 3.60. The number of alkyl halides is 1. The number of benzene rings is 1. The lowest BCUT2D eigenvalue weighted by Crippen LogP contribution is -2.09. The van der Waals surface area contributed by atoms with Gasteiger partial charge in [-0.1, -0.05) is 40.8 Å². The molecule has 15 heavy (non-hydrogen) atoms. The molecule has 0 radical (unpaired) electrons. The molecule has 0 bridgehead atoms. The van der Waals surface area contributed by atoms with Crippen molar-refractivity contribution in [3.8, 4) is 0 Å². The fraction of sp³-hybridized carbons (Fsp3) is 0.333. The monoisotopic (exact) mass is 316 g/mol. The van der Waals surface area contributed by atoms with Gasteiger partial charge in [-0.2, -0.15) is 0 Å². The molecular weight excluding hydrogens is 299 g/mol. The van der Waals surface area contributed by atoms with Crippen molar-refractivity contribution in [3.05, 3.63) is 36.0 Å². The summed E-state index contributed by atoms with van der Waals surface area (Å²) in [6.07, 6.45) is 2.09. The van der Waals surface area contributed by atoms with Gasteiger partial charge in [-0.05, 0) is 30.7 Å². The van der Waals surface area contributed by atoms with Gasteiger partial charge in [0.2, 0.25) is 0 Å². The quantitative estimate of drug-likeness (QED) is 0.665. The van der Waals surface area contributed by atoms with Crippen LogP contribution < -0.4 is 0 Å².